The number of rotatable bonds is 7. The highest BCUT2D eigenvalue weighted by Crippen LogP contribution is 2.37. The summed E-state index contributed by atoms with van der Waals surface area (Å²) in [6.45, 7) is 11.5. The Morgan fingerprint density at radius 2 is 1.78 bits per heavy atom. The molecule has 12 heteroatoms. The van der Waals surface area contributed by atoms with E-state index in [0.29, 0.717) is 45.7 Å². The Labute approximate surface area is 284 Å². The number of nitrogens with zero attached hydrogens (tertiary/aromatic N) is 7. The van der Waals surface area contributed by atoms with E-state index in [0.717, 1.165) is 63.5 Å². The van der Waals surface area contributed by atoms with Crippen molar-refractivity contribution in [3.05, 3.63) is 98.3 Å². The standard InChI is InChI=1S/C37H42N8O4/c1-23-28(16-30(35(47)41(23)4)40-33-6-5-25(19-39-33)42-9-11-43(12-10-42)26-21-49-22-26)27-7-8-38-34(29(27)20-46)45-14-13-44-31(36(45)48)15-24-17-37(2,3)18-32(24)44/h5-8,13-16,19,26,46H,9-12,17-18,20-22H2,1-4H3,(H,39,40). The lowest BCUT2D eigenvalue weighted by molar-refractivity contribution is -0.0660. The number of aliphatic hydroxyl groups is 1. The summed E-state index contributed by atoms with van der Waals surface area (Å²) in [6, 6.07) is 10.1. The maximum Gasteiger partial charge on any atom is 0.280 e. The van der Waals surface area contributed by atoms with Gasteiger partial charge in [0.15, 0.2) is 0 Å². The molecule has 0 bridgehead atoms. The van der Waals surface area contributed by atoms with Crippen LogP contribution in [0.15, 0.2) is 64.7 Å². The lowest BCUT2D eigenvalue weighted by atomic mass is 9.90. The molecular formula is C37H42N8O4. The zero-order chi connectivity index (χ0) is 34.0. The van der Waals surface area contributed by atoms with Gasteiger partial charge in [0.2, 0.25) is 0 Å². The predicted molar refractivity (Wildman–Crippen MR) is 189 cm³/mol. The molecule has 2 fully saturated rings. The molecule has 0 aromatic carbocycles. The van der Waals surface area contributed by atoms with Crippen LogP contribution in [0.25, 0.3) is 22.5 Å². The number of hydrogen-bond acceptors (Lipinski definition) is 9. The van der Waals surface area contributed by atoms with E-state index < -0.39 is 0 Å². The van der Waals surface area contributed by atoms with Gasteiger partial charge in [0, 0.05) is 74.3 Å². The number of pyridine rings is 3. The largest absolute Gasteiger partial charge is 0.392 e. The average Bonchev–Trinajstić information content (AvgIpc) is 3.57. The summed E-state index contributed by atoms with van der Waals surface area (Å²) >= 11 is 0. The van der Waals surface area contributed by atoms with E-state index >= 15 is 0 Å². The lowest BCUT2D eigenvalue weighted by Crippen LogP contribution is -2.56. The number of piperazine rings is 1. The molecule has 0 amide bonds. The Bertz CT molecular complexity index is 2190. The van der Waals surface area contributed by atoms with Gasteiger partial charge in [-0.25, -0.2) is 9.97 Å². The molecule has 0 radical (unpaired) electrons. The highest BCUT2D eigenvalue weighted by atomic mass is 16.5. The van der Waals surface area contributed by atoms with Crippen LogP contribution in [0.2, 0.25) is 0 Å². The molecule has 0 unspecified atom stereocenters. The zero-order valence-corrected chi connectivity index (χ0v) is 28.4. The number of ether oxygens (including phenoxy) is 1. The summed E-state index contributed by atoms with van der Waals surface area (Å²) in [5.74, 6) is 0.914. The number of aromatic nitrogens is 5. The van der Waals surface area contributed by atoms with Crippen LogP contribution >= 0.6 is 0 Å². The molecule has 8 rings (SSSR count). The van der Waals surface area contributed by atoms with Crippen LogP contribution in [0.5, 0.6) is 0 Å². The van der Waals surface area contributed by atoms with Crippen LogP contribution in [-0.4, -0.2) is 78.9 Å². The van der Waals surface area contributed by atoms with Gasteiger partial charge < -0.3 is 29.0 Å². The van der Waals surface area contributed by atoms with Gasteiger partial charge in [0.05, 0.1) is 37.7 Å². The van der Waals surface area contributed by atoms with E-state index in [9.17, 15) is 14.7 Å². The van der Waals surface area contributed by atoms with E-state index in [1.807, 2.05) is 48.0 Å². The first-order valence-electron chi connectivity index (χ1n) is 17.0. The first-order chi connectivity index (χ1) is 23.6. The van der Waals surface area contributed by atoms with E-state index in [1.165, 1.54) is 15.8 Å². The highest BCUT2D eigenvalue weighted by molar-refractivity contribution is 5.76. The molecule has 5 aromatic rings. The van der Waals surface area contributed by atoms with Gasteiger partial charge in [-0.15, -0.1) is 0 Å². The topological polar surface area (TPSA) is 122 Å². The monoisotopic (exact) mass is 662 g/mol. The number of aliphatic hydroxyl groups excluding tert-OH is 1. The third-order valence-corrected chi connectivity index (χ3v) is 10.6. The highest BCUT2D eigenvalue weighted by Gasteiger charge is 2.32. The molecule has 2 N–H and O–H groups in total. The molecule has 2 aliphatic heterocycles. The number of nitrogens with one attached hydrogen (secondary N) is 1. The fourth-order valence-electron chi connectivity index (χ4n) is 7.68. The molecule has 2 saturated heterocycles. The SMILES string of the molecule is Cc1c(-c2ccnc(-n3ccn4c5c(cc4c3=O)CC(C)(C)C5)c2CO)cc(Nc2ccc(N3CCN(C4COC4)CC3)cn2)c(=O)n1C. The normalized spacial score (nSPS) is 17.8. The maximum absolute atomic E-state index is 13.9. The molecule has 7 heterocycles. The summed E-state index contributed by atoms with van der Waals surface area (Å²) in [4.78, 5) is 41.4. The van der Waals surface area contributed by atoms with Crippen molar-refractivity contribution in [3.8, 4) is 16.9 Å². The molecule has 1 aliphatic carbocycles. The van der Waals surface area contributed by atoms with Crippen LogP contribution in [0.4, 0.5) is 17.2 Å². The van der Waals surface area contributed by atoms with Gasteiger partial charge >= 0.3 is 0 Å². The van der Waals surface area contributed by atoms with Gasteiger partial charge in [-0.3, -0.25) is 19.1 Å². The van der Waals surface area contributed by atoms with Crippen molar-refractivity contribution in [2.75, 3.05) is 49.6 Å². The average molecular weight is 663 g/mol. The Hall–Kier alpha value is -4.78. The van der Waals surface area contributed by atoms with Crippen LogP contribution in [-0.2, 0) is 31.2 Å². The summed E-state index contributed by atoms with van der Waals surface area (Å²) < 4.78 is 10.4. The molecule has 5 aromatic heterocycles. The Morgan fingerprint density at radius 1 is 0.980 bits per heavy atom. The first kappa shape index (κ1) is 31.5. The van der Waals surface area contributed by atoms with Crippen molar-refractivity contribution in [1.82, 2.24) is 28.4 Å². The fraction of sp³-hybridized carbons (Fsp3) is 0.405. The third kappa shape index (κ3) is 5.44. The van der Waals surface area contributed by atoms with Crippen molar-refractivity contribution >= 4 is 22.7 Å². The van der Waals surface area contributed by atoms with Crippen LogP contribution in [0.3, 0.4) is 0 Å². The van der Waals surface area contributed by atoms with E-state index in [-0.39, 0.29) is 23.1 Å². The third-order valence-electron chi connectivity index (χ3n) is 10.6. The fourth-order valence-corrected chi connectivity index (χ4v) is 7.68. The lowest BCUT2D eigenvalue weighted by Gasteiger charge is -2.43. The van der Waals surface area contributed by atoms with Crippen molar-refractivity contribution < 1.29 is 9.84 Å². The molecule has 254 valence electrons. The maximum atomic E-state index is 13.9. The van der Waals surface area contributed by atoms with Gasteiger partial charge in [-0.1, -0.05) is 13.8 Å². The Balaban J connectivity index is 1.09. The van der Waals surface area contributed by atoms with E-state index in [1.54, 1.807) is 30.1 Å². The summed E-state index contributed by atoms with van der Waals surface area (Å²) in [5.41, 5.74) is 6.78. The second-order valence-electron chi connectivity index (χ2n) is 14.3. The summed E-state index contributed by atoms with van der Waals surface area (Å²) in [6.07, 6.45) is 8.96. The molecule has 0 saturated carbocycles. The number of anilines is 3. The molecule has 12 nitrogen and oxygen atoms in total. The van der Waals surface area contributed by atoms with Gasteiger partial charge in [0.25, 0.3) is 11.1 Å². The second kappa shape index (κ2) is 12.0. The van der Waals surface area contributed by atoms with Crippen molar-refractivity contribution in [2.24, 2.45) is 12.5 Å². The van der Waals surface area contributed by atoms with Gasteiger partial charge in [-0.2, -0.15) is 0 Å². The molecule has 3 aliphatic rings. The number of fused-ring (bicyclic) bond motifs is 3. The first-order valence-corrected chi connectivity index (χ1v) is 17.0. The molecule has 0 atom stereocenters. The van der Waals surface area contributed by atoms with Gasteiger partial charge in [0.1, 0.15) is 22.8 Å². The van der Waals surface area contributed by atoms with Gasteiger partial charge in [-0.05, 0) is 66.6 Å². The molecular weight excluding hydrogens is 620 g/mol. The van der Waals surface area contributed by atoms with Crippen LogP contribution < -0.4 is 21.3 Å². The minimum absolute atomic E-state index is 0.170. The summed E-state index contributed by atoms with van der Waals surface area (Å²) in [5, 5.41) is 14.0. The minimum Gasteiger partial charge on any atom is -0.392 e. The second-order valence-corrected chi connectivity index (χ2v) is 14.3. The smallest absolute Gasteiger partial charge is 0.280 e. The zero-order valence-electron chi connectivity index (χ0n) is 28.4. The van der Waals surface area contributed by atoms with E-state index in [2.05, 4.69) is 38.9 Å². The van der Waals surface area contributed by atoms with Crippen molar-refractivity contribution in [1.29, 1.82) is 0 Å². The van der Waals surface area contributed by atoms with E-state index in [4.69, 9.17) is 4.74 Å². The summed E-state index contributed by atoms with van der Waals surface area (Å²) in [7, 11) is 1.73. The Kier molecular flexibility index (Phi) is 7.69. The quantitative estimate of drug-likeness (QED) is 0.270. The molecule has 0 spiro atoms. The van der Waals surface area contributed by atoms with Crippen molar-refractivity contribution in [2.45, 2.75) is 46.3 Å². The van der Waals surface area contributed by atoms with Crippen molar-refractivity contribution in [3.63, 3.8) is 0 Å². The van der Waals surface area contributed by atoms with Crippen LogP contribution in [0.1, 0.15) is 36.4 Å². The minimum atomic E-state index is -0.349. The predicted octanol–water partition coefficient (Wildman–Crippen LogP) is 3.44. The van der Waals surface area contributed by atoms with Crippen LogP contribution in [0, 0.1) is 12.3 Å². The Morgan fingerprint density at radius 3 is 2.47 bits per heavy atom. The molecule has 49 heavy (non-hydrogen) atoms. The number of hydrogen-bond donors (Lipinski definition) is 2.